The number of benzene rings is 1. The summed E-state index contributed by atoms with van der Waals surface area (Å²) in [4.78, 5) is 0. The van der Waals surface area contributed by atoms with Crippen LogP contribution in [-0.2, 0) is 16.8 Å². The summed E-state index contributed by atoms with van der Waals surface area (Å²) in [5.41, 5.74) is 0.812. The summed E-state index contributed by atoms with van der Waals surface area (Å²) in [6, 6.07) is 9.40. The van der Waals surface area contributed by atoms with Gasteiger partial charge < -0.3 is 4.42 Å². The molecule has 0 unspecified atom stereocenters. The van der Waals surface area contributed by atoms with E-state index in [1.165, 1.54) is 8.61 Å². The zero-order chi connectivity index (χ0) is 17.2. The van der Waals surface area contributed by atoms with E-state index in [0.29, 0.717) is 24.9 Å². The molecule has 0 aliphatic carbocycles. The van der Waals surface area contributed by atoms with Gasteiger partial charge in [-0.05, 0) is 30.9 Å². The van der Waals surface area contributed by atoms with Crippen LogP contribution in [0.2, 0.25) is 0 Å². The van der Waals surface area contributed by atoms with Crippen molar-refractivity contribution in [1.29, 1.82) is 0 Å². The normalized spacial score (nSPS) is 17.5. The largest absolute Gasteiger partial charge is 0.419 e. The number of hydrogen-bond acceptors (Lipinski definition) is 5. The van der Waals surface area contributed by atoms with Crippen molar-refractivity contribution in [1.82, 2.24) is 18.8 Å². The average molecular weight is 350 g/mol. The van der Waals surface area contributed by atoms with Gasteiger partial charge in [-0.1, -0.05) is 25.1 Å². The fraction of sp³-hybridized carbons (Fsp3) is 0.500. The van der Waals surface area contributed by atoms with Gasteiger partial charge in [-0.25, -0.2) is 0 Å². The molecule has 1 aromatic carbocycles. The Morgan fingerprint density at radius 3 is 2.54 bits per heavy atom. The molecule has 8 heteroatoms. The fourth-order valence-electron chi connectivity index (χ4n) is 2.70. The molecule has 0 radical (unpaired) electrons. The maximum absolute atomic E-state index is 12.6. The summed E-state index contributed by atoms with van der Waals surface area (Å²) < 4.78 is 33.7. The summed E-state index contributed by atoms with van der Waals surface area (Å²) >= 11 is 0. The standard InChI is InChI=1S/C16H22N4O3S/c1-13-8-10-20(11-9-13)24(21,22)19(2)12-15-17-18-16(23-15)14-6-4-3-5-7-14/h3-7,13H,8-12H2,1-2H3. The second-order valence-corrected chi connectivity index (χ2v) is 8.25. The maximum Gasteiger partial charge on any atom is 0.282 e. The Kier molecular flexibility index (Phi) is 4.98. The minimum absolute atomic E-state index is 0.0637. The van der Waals surface area contributed by atoms with Crippen molar-refractivity contribution in [3.8, 4) is 11.5 Å². The molecule has 0 N–H and O–H groups in total. The van der Waals surface area contributed by atoms with Gasteiger partial charge in [0.15, 0.2) is 0 Å². The predicted octanol–water partition coefficient (Wildman–Crippen LogP) is 2.15. The van der Waals surface area contributed by atoms with E-state index in [2.05, 4.69) is 17.1 Å². The first-order chi connectivity index (χ1) is 11.5. The highest BCUT2D eigenvalue weighted by Crippen LogP contribution is 2.22. The first-order valence-electron chi connectivity index (χ1n) is 8.06. The molecule has 0 bridgehead atoms. The van der Waals surface area contributed by atoms with E-state index in [0.717, 1.165) is 18.4 Å². The molecule has 7 nitrogen and oxygen atoms in total. The highest BCUT2D eigenvalue weighted by atomic mass is 32.2. The third-order valence-corrected chi connectivity index (χ3v) is 6.24. The summed E-state index contributed by atoms with van der Waals surface area (Å²) in [7, 11) is -1.96. The van der Waals surface area contributed by atoms with Crippen LogP contribution >= 0.6 is 0 Å². The van der Waals surface area contributed by atoms with Gasteiger partial charge in [0.25, 0.3) is 10.2 Å². The van der Waals surface area contributed by atoms with Gasteiger partial charge in [0, 0.05) is 25.7 Å². The molecule has 1 aliphatic heterocycles. The Balaban J connectivity index is 1.68. The molecule has 2 aromatic rings. The summed E-state index contributed by atoms with van der Waals surface area (Å²) in [5.74, 6) is 1.25. The van der Waals surface area contributed by atoms with Gasteiger partial charge in [-0.3, -0.25) is 0 Å². The monoisotopic (exact) mass is 350 g/mol. The molecule has 130 valence electrons. The lowest BCUT2D eigenvalue weighted by atomic mass is 10.0. The molecule has 1 saturated heterocycles. The van der Waals surface area contributed by atoms with E-state index >= 15 is 0 Å². The van der Waals surface area contributed by atoms with Crippen LogP contribution in [0.1, 0.15) is 25.7 Å². The van der Waals surface area contributed by atoms with Crippen molar-refractivity contribution in [3.63, 3.8) is 0 Å². The highest BCUT2D eigenvalue weighted by Gasteiger charge is 2.30. The Morgan fingerprint density at radius 2 is 1.88 bits per heavy atom. The molecule has 0 saturated carbocycles. The first-order valence-corrected chi connectivity index (χ1v) is 9.45. The lowest BCUT2D eigenvalue weighted by Crippen LogP contribution is -2.45. The Bertz CT molecular complexity index is 768. The third-order valence-electron chi connectivity index (χ3n) is 4.31. The summed E-state index contributed by atoms with van der Waals surface area (Å²) in [6.07, 6.45) is 1.79. The zero-order valence-electron chi connectivity index (χ0n) is 13.9. The predicted molar refractivity (Wildman–Crippen MR) is 90.1 cm³/mol. The summed E-state index contributed by atoms with van der Waals surface area (Å²) in [6.45, 7) is 3.34. The van der Waals surface area contributed by atoms with E-state index in [1.807, 2.05) is 30.3 Å². The molecular weight excluding hydrogens is 328 g/mol. The van der Waals surface area contributed by atoms with Crippen LogP contribution in [-0.4, -0.2) is 47.4 Å². The second-order valence-electron chi connectivity index (χ2n) is 6.21. The van der Waals surface area contributed by atoms with Gasteiger partial charge >= 0.3 is 0 Å². The van der Waals surface area contributed by atoms with Crippen molar-refractivity contribution in [2.24, 2.45) is 5.92 Å². The molecule has 1 aromatic heterocycles. The molecule has 1 aliphatic rings. The van der Waals surface area contributed by atoms with Crippen LogP contribution in [0, 0.1) is 5.92 Å². The highest BCUT2D eigenvalue weighted by molar-refractivity contribution is 7.86. The first kappa shape index (κ1) is 17.1. The van der Waals surface area contributed by atoms with Gasteiger partial charge in [0.2, 0.25) is 11.8 Å². The molecule has 24 heavy (non-hydrogen) atoms. The molecule has 0 atom stereocenters. The Hall–Kier alpha value is -1.77. The van der Waals surface area contributed by atoms with Crippen LogP contribution in [0.25, 0.3) is 11.5 Å². The molecule has 1 fully saturated rings. The second kappa shape index (κ2) is 7.00. The minimum Gasteiger partial charge on any atom is -0.419 e. The van der Waals surface area contributed by atoms with Gasteiger partial charge in [-0.15, -0.1) is 10.2 Å². The number of nitrogens with zero attached hydrogens (tertiary/aromatic N) is 4. The molecule has 0 spiro atoms. The van der Waals surface area contributed by atoms with Crippen molar-refractivity contribution < 1.29 is 12.8 Å². The number of hydrogen-bond donors (Lipinski definition) is 0. The minimum atomic E-state index is -3.50. The summed E-state index contributed by atoms with van der Waals surface area (Å²) in [5, 5.41) is 7.95. The van der Waals surface area contributed by atoms with Crippen molar-refractivity contribution >= 4 is 10.2 Å². The van der Waals surface area contributed by atoms with Crippen LogP contribution in [0.15, 0.2) is 34.7 Å². The van der Waals surface area contributed by atoms with E-state index in [4.69, 9.17) is 4.42 Å². The van der Waals surface area contributed by atoms with Crippen molar-refractivity contribution in [2.75, 3.05) is 20.1 Å². The molecule has 2 heterocycles. The number of rotatable bonds is 5. The maximum atomic E-state index is 12.6. The van der Waals surface area contributed by atoms with Crippen LogP contribution in [0.5, 0.6) is 0 Å². The zero-order valence-corrected chi connectivity index (χ0v) is 14.7. The van der Waals surface area contributed by atoms with E-state index < -0.39 is 10.2 Å². The van der Waals surface area contributed by atoms with Crippen LogP contribution in [0.4, 0.5) is 0 Å². The fourth-order valence-corrected chi connectivity index (χ4v) is 4.04. The Morgan fingerprint density at radius 1 is 1.21 bits per heavy atom. The third kappa shape index (κ3) is 3.66. The van der Waals surface area contributed by atoms with Gasteiger partial charge in [0.05, 0.1) is 6.54 Å². The lowest BCUT2D eigenvalue weighted by Gasteiger charge is -2.32. The SMILES string of the molecule is CC1CCN(S(=O)(=O)N(C)Cc2nnc(-c3ccccc3)o2)CC1. The Labute approximate surface area is 142 Å². The van der Waals surface area contributed by atoms with Crippen LogP contribution in [0.3, 0.4) is 0 Å². The van der Waals surface area contributed by atoms with E-state index in [-0.39, 0.29) is 12.4 Å². The van der Waals surface area contributed by atoms with E-state index in [9.17, 15) is 8.42 Å². The van der Waals surface area contributed by atoms with Crippen molar-refractivity contribution in [2.45, 2.75) is 26.3 Å². The number of aromatic nitrogens is 2. The molecular formula is C16H22N4O3S. The molecule has 0 amide bonds. The molecule has 3 rings (SSSR count). The quantitative estimate of drug-likeness (QED) is 0.825. The number of piperidine rings is 1. The topological polar surface area (TPSA) is 79.5 Å². The smallest absolute Gasteiger partial charge is 0.282 e. The lowest BCUT2D eigenvalue weighted by molar-refractivity contribution is 0.266. The van der Waals surface area contributed by atoms with Crippen molar-refractivity contribution in [3.05, 3.63) is 36.2 Å². The average Bonchev–Trinajstić information content (AvgIpc) is 3.04. The van der Waals surface area contributed by atoms with Gasteiger partial charge in [-0.2, -0.15) is 17.0 Å². The van der Waals surface area contributed by atoms with Gasteiger partial charge in [0.1, 0.15) is 0 Å². The van der Waals surface area contributed by atoms with E-state index in [1.54, 1.807) is 7.05 Å². The van der Waals surface area contributed by atoms with Crippen LogP contribution < -0.4 is 0 Å².